The lowest BCUT2D eigenvalue weighted by Gasteiger charge is -2.26. The van der Waals surface area contributed by atoms with Gasteiger partial charge in [-0.2, -0.15) is 0 Å². The zero-order valence-corrected chi connectivity index (χ0v) is 15.5. The van der Waals surface area contributed by atoms with E-state index in [1.54, 1.807) is 6.92 Å². The minimum Gasteiger partial charge on any atom is -0.378 e. The third kappa shape index (κ3) is 5.04. The average Bonchev–Trinajstić information content (AvgIpc) is 3.45. The molecule has 3 rings (SSSR count). The molecule has 2 atom stereocenters. The summed E-state index contributed by atoms with van der Waals surface area (Å²) in [4.78, 5) is 14.5. The van der Waals surface area contributed by atoms with E-state index in [2.05, 4.69) is 0 Å². The summed E-state index contributed by atoms with van der Waals surface area (Å²) in [7, 11) is 1.89. The van der Waals surface area contributed by atoms with Crippen LogP contribution in [0.4, 0.5) is 4.39 Å². The standard InChI is InChI=1S/C21H30FNO2/c1-15-13-17(8-9-20(15)22)19(16-6-7-16)14-21(24)23(2)11-10-18-5-3-4-12-25-18/h8-9,13,16,18-19H,3-7,10-12,14H2,1-2H3. The fourth-order valence-electron chi connectivity index (χ4n) is 3.80. The van der Waals surface area contributed by atoms with Gasteiger partial charge in [0, 0.05) is 26.6 Å². The molecule has 1 aliphatic heterocycles. The quantitative estimate of drug-likeness (QED) is 0.730. The number of aryl methyl sites for hydroxylation is 1. The smallest absolute Gasteiger partial charge is 0.222 e. The first-order valence-corrected chi connectivity index (χ1v) is 9.66. The van der Waals surface area contributed by atoms with Crippen LogP contribution >= 0.6 is 0 Å². The molecule has 1 heterocycles. The van der Waals surface area contributed by atoms with E-state index in [-0.39, 0.29) is 17.6 Å². The highest BCUT2D eigenvalue weighted by Crippen LogP contribution is 2.45. The Morgan fingerprint density at radius 1 is 1.32 bits per heavy atom. The van der Waals surface area contributed by atoms with Gasteiger partial charge < -0.3 is 9.64 Å². The van der Waals surface area contributed by atoms with Crippen molar-refractivity contribution < 1.29 is 13.9 Å². The molecular formula is C21H30FNO2. The van der Waals surface area contributed by atoms with Crippen molar-refractivity contribution in [1.82, 2.24) is 4.90 Å². The van der Waals surface area contributed by atoms with Gasteiger partial charge >= 0.3 is 0 Å². The van der Waals surface area contributed by atoms with E-state index >= 15 is 0 Å². The van der Waals surface area contributed by atoms with Gasteiger partial charge in [-0.15, -0.1) is 0 Å². The maximum absolute atomic E-state index is 13.6. The predicted molar refractivity (Wildman–Crippen MR) is 97.1 cm³/mol. The molecule has 1 saturated heterocycles. The predicted octanol–water partition coefficient (Wildman–Crippen LogP) is 4.44. The van der Waals surface area contributed by atoms with Crippen molar-refractivity contribution in [1.29, 1.82) is 0 Å². The molecule has 0 radical (unpaired) electrons. The topological polar surface area (TPSA) is 29.5 Å². The number of carbonyl (C=O) groups is 1. The molecule has 138 valence electrons. The summed E-state index contributed by atoms with van der Waals surface area (Å²) in [5.74, 6) is 0.813. The van der Waals surface area contributed by atoms with Gasteiger partial charge in [0.15, 0.2) is 0 Å². The summed E-state index contributed by atoms with van der Waals surface area (Å²) in [6, 6.07) is 5.31. The zero-order valence-electron chi connectivity index (χ0n) is 15.5. The lowest BCUT2D eigenvalue weighted by molar-refractivity contribution is -0.130. The molecule has 0 aromatic heterocycles. The summed E-state index contributed by atoms with van der Waals surface area (Å²) in [6.45, 7) is 3.40. The minimum atomic E-state index is -0.172. The third-order valence-electron chi connectivity index (χ3n) is 5.68. The molecule has 25 heavy (non-hydrogen) atoms. The zero-order chi connectivity index (χ0) is 17.8. The third-order valence-corrected chi connectivity index (χ3v) is 5.68. The number of benzene rings is 1. The fraction of sp³-hybridized carbons (Fsp3) is 0.667. The average molecular weight is 347 g/mol. The van der Waals surface area contributed by atoms with Crippen LogP contribution in [0.1, 0.15) is 62.0 Å². The first-order chi connectivity index (χ1) is 12.0. The Kier molecular flexibility index (Phi) is 6.10. The van der Waals surface area contributed by atoms with Gasteiger partial charge in [0.2, 0.25) is 5.91 Å². The van der Waals surface area contributed by atoms with Gasteiger partial charge in [0.1, 0.15) is 5.82 Å². The van der Waals surface area contributed by atoms with Crippen molar-refractivity contribution in [3.63, 3.8) is 0 Å². The fourth-order valence-corrected chi connectivity index (χ4v) is 3.80. The highest BCUT2D eigenvalue weighted by atomic mass is 19.1. The number of nitrogens with zero attached hydrogens (tertiary/aromatic N) is 1. The Morgan fingerprint density at radius 3 is 2.76 bits per heavy atom. The number of rotatable bonds is 7. The van der Waals surface area contributed by atoms with Crippen molar-refractivity contribution in [2.24, 2.45) is 5.92 Å². The Balaban J connectivity index is 1.55. The largest absolute Gasteiger partial charge is 0.378 e. The summed E-state index contributed by atoms with van der Waals surface area (Å²) >= 11 is 0. The van der Waals surface area contributed by atoms with Crippen LogP contribution in [0.5, 0.6) is 0 Å². The van der Waals surface area contributed by atoms with Crippen molar-refractivity contribution in [3.8, 4) is 0 Å². The van der Waals surface area contributed by atoms with Crippen molar-refractivity contribution in [2.45, 2.75) is 63.9 Å². The molecule has 0 N–H and O–H groups in total. The summed E-state index contributed by atoms with van der Waals surface area (Å²) in [5.41, 5.74) is 1.78. The van der Waals surface area contributed by atoms with Crippen LogP contribution < -0.4 is 0 Å². The first kappa shape index (κ1) is 18.4. The van der Waals surface area contributed by atoms with Gasteiger partial charge in [-0.1, -0.05) is 12.1 Å². The molecule has 2 unspecified atom stereocenters. The second kappa shape index (κ2) is 8.31. The SMILES string of the molecule is Cc1cc(C(CC(=O)N(C)CCC2CCCCO2)C2CC2)ccc1F. The van der Waals surface area contributed by atoms with E-state index < -0.39 is 0 Å². The number of ether oxygens (including phenoxy) is 1. The molecule has 3 nitrogen and oxygen atoms in total. The molecule has 1 amide bonds. The molecule has 4 heteroatoms. The number of carbonyl (C=O) groups excluding carboxylic acids is 1. The van der Waals surface area contributed by atoms with Crippen LogP contribution in [0, 0.1) is 18.7 Å². The second-order valence-electron chi connectivity index (χ2n) is 7.75. The Hall–Kier alpha value is -1.42. The minimum absolute atomic E-state index is 0.172. The van der Waals surface area contributed by atoms with Crippen molar-refractivity contribution >= 4 is 5.91 Å². The molecule has 1 aliphatic carbocycles. The highest BCUT2D eigenvalue weighted by molar-refractivity contribution is 5.77. The number of amides is 1. The first-order valence-electron chi connectivity index (χ1n) is 9.66. The van der Waals surface area contributed by atoms with E-state index in [0.717, 1.165) is 38.0 Å². The van der Waals surface area contributed by atoms with Crippen molar-refractivity contribution in [2.75, 3.05) is 20.2 Å². The molecule has 1 aromatic carbocycles. The van der Waals surface area contributed by atoms with Gasteiger partial charge in [-0.25, -0.2) is 4.39 Å². The Labute approximate surface area is 150 Å². The normalized spacial score (nSPS) is 21.8. The summed E-state index contributed by atoms with van der Waals surface area (Å²) in [6.07, 6.45) is 7.61. The van der Waals surface area contributed by atoms with Crippen LogP contribution in [0.2, 0.25) is 0 Å². The maximum Gasteiger partial charge on any atom is 0.222 e. The van der Waals surface area contributed by atoms with Gasteiger partial charge in [0.05, 0.1) is 6.10 Å². The maximum atomic E-state index is 13.6. The van der Waals surface area contributed by atoms with Crippen LogP contribution in [0.3, 0.4) is 0 Å². The van der Waals surface area contributed by atoms with Crippen molar-refractivity contribution in [3.05, 3.63) is 35.1 Å². The highest BCUT2D eigenvalue weighted by Gasteiger charge is 2.34. The molecule has 1 saturated carbocycles. The molecule has 2 aliphatic rings. The monoisotopic (exact) mass is 347 g/mol. The number of halogens is 1. The van der Waals surface area contributed by atoms with E-state index in [4.69, 9.17) is 4.74 Å². The molecule has 0 bridgehead atoms. The van der Waals surface area contributed by atoms with E-state index in [1.807, 2.05) is 24.1 Å². The van der Waals surface area contributed by atoms with E-state index in [9.17, 15) is 9.18 Å². The van der Waals surface area contributed by atoms with Crippen LogP contribution in [-0.4, -0.2) is 37.1 Å². The second-order valence-corrected chi connectivity index (χ2v) is 7.75. The van der Waals surface area contributed by atoms with Gasteiger partial charge in [-0.3, -0.25) is 4.79 Å². The lowest BCUT2D eigenvalue weighted by atomic mass is 9.89. The molecule has 1 aromatic rings. The lowest BCUT2D eigenvalue weighted by Crippen LogP contribution is -2.32. The number of hydrogen-bond donors (Lipinski definition) is 0. The summed E-state index contributed by atoms with van der Waals surface area (Å²) < 4.78 is 19.3. The van der Waals surface area contributed by atoms with E-state index in [1.165, 1.54) is 25.3 Å². The van der Waals surface area contributed by atoms with Gasteiger partial charge in [-0.05, 0) is 74.5 Å². The summed E-state index contributed by atoms with van der Waals surface area (Å²) in [5, 5.41) is 0. The molecular weight excluding hydrogens is 317 g/mol. The Morgan fingerprint density at radius 2 is 2.12 bits per heavy atom. The Bertz CT molecular complexity index is 594. The van der Waals surface area contributed by atoms with Crippen LogP contribution in [0.25, 0.3) is 0 Å². The molecule has 0 spiro atoms. The molecule has 2 fully saturated rings. The number of hydrogen-bond acceptors (Lipinski definition) is 2. The van der Waals surface area contributed by atoms with Gasteiger partial charge in [0.25, 0.3) is 0 Å². The van der Waals surface area contributed by atoms with Crippen LogP contribution in [0.15, 0.2) is 18.2 Å². The van der Waals surface area contributed by atoms with Crippen LogP contribution in [-0.2, 0) is 9.53 Å². The van der Waals surface area contributed by atoms with E-state index in [0.29, 0.717) is 24.0 Å².